The Hall–Kier alpha value is -1.89. The van der Waals surface area contributed by atoms with Crippen LogP contribution in [0.4, 0.5) is 0 Å². The molecule has 3 rings (SSSR count). The number of aromatic nitrogens is 2. The number of rotatable bonds is 8. The first-order chi connectivity index (χ1) is 14.0. The first kappa shape index (κ1) is 21.8. The maximum Gasteiger partial charge on any atom is 0.224 e. The summed E-state index contributed by atoms with van der Waals surface area (Å²) in [6, 6.07) is 7.57. The van der Waals surface area contributed by atoms with Crippen LogP contribution in [0.1, 0.15) is 30.3 Å². The van der Waals surface area contributed by atoms with Gasteiger partial charge in [0.25, 0.3) is 0 Å². The summed E-state index contributed by atoms with van der Waals surface area (Å²) in [7, 11) is 0. The lowest BCUT2D eigenvalue weighted by atomic mass is 10.1. The van der Waals surface area contributed by atoms with Crippen molar-refractivity contribution in [1.29, 1.82) is 0 Å². The van der Waals surface area contributed by atoms with Crippen LogP contribution in [0.25, 0.3) is 5.69 Å². The number of nitrogens with zero attached hydrogens (tertiary/aromatic N) is 4. The fourth-order valence-corrected chi connectivity index (χ4v) is 3.97. The molecule has 1 aliphatic rings. The Morgan fingerprint density at radius 3 is 2.41 bits per heavy atom. The number of piperazine rings is 1. The van der Waals surface area contributed by atoms with Crippen LogP contribution >= 0.6 is 11.6 Å². The van der Waals surface area contributed by atoms with Gasteiger partial charge < -0.3 is 15.1 Å². The lowest BCUT2D eigenvalue weighted by Gasteiger charge is -2.33. The van der Waals surface area contributed by atoms with Crippen molar-refractivity contribution in [1.82, 2.24) is 24.9 Å². The van der Waals surface area contributed by atoms with Gasteiger partial charge in [-0.15, -0.1) is 0 Å². The molecule has 158 valence electrons. The van der Waals surface area contributed by atoms with Gasteiger partial charge in [0.05, 0.1) is 17.8 Å². The molecule has 0 atom stereocenters. The van der Waals surface area contributed by atoms with E-state index in [1.807, 2.05) is 42.8 Å². The number of halogens is 1. The SMILES string of the molecule is CCN1CCN(CCCNC(=O)Cc2c(C)nn(-c3ccc(Cl)cc3)c2C)CC1. The summed E-state index contributed by atoms with van der Waals surface area (Å²) in [5, 5.41) is 8.38. The van der Waals surface area contributed by atoms with Crippen molar-refractivity contribution in [3.63, 3.8) is 0 Å². The second kappa shape index (κ2) is 10.2. The van der Waals surface area contributed by atoms with E-state index >= 15 is 0 Å². The Bertz CT molecular complexity index is 809. The topological polar surface area (TPSA) is 53.4 Å². The summed E-state index contributed by atoms with van der Waals surface area (Å²) in [6.45, 7) is 13.6. The third-order valence-corrected chi connectivity index (χ3v) is 5.99. The molecular formula is C22H32ClN5O. The highest BCUT2D eigenvalue weighted by Gasteiger charge is 2.17. The van der Waals surface area contributed by atoms with Crippen LogP contribution in [0, 0.1) is 13.8 Å². The molecule has 1 saturated heterocycles. The predicted molar refractivity (Wildman–Crippen MR) is 118 cm³/mol. The van der Waals surface area contributed by atoms with Crippen molar-refractivity contribution in [2.45, 2.75) is 33.6 Å². The normalized spacial score (nSPS) is 15.6. The summed E-state index contributed by atoms with van der Waals surface area (Å²) >= 11 is 5.98. The number of hydrogen-bond donors (Lipinski definition) is 1. The van der Waals surface area contributed by atoms with Crippen molar-refractivity contribution < 1.29 is 4.79 Å². The summed E-state index contributed by atoms with van der Waals surface area (Å²) in [5.41, 5.74) is 3.83. The van der Waals surface area contributed by atoms with Crippen LogP contribution in [0.2, 0.25) is 5.02 Å². The Balaban J connectivity index is 1.46. The Morgan fingerprint density at radius 2 is 1.76 bits per heavy atom. The van der Waals surface area contributed by atoms with Crippen molar-refractivity contribution >= 4 is 17.5 Å². The van der Waals surface area contributed by atoms with Gasteiger partial charge in [-0.05, 0) is 57.6 Å². The van der Waals surface area contributed by atoms with Gasteiger partial charge in [0.1, 0.15) is 0 Å². The number of likely N-dealkylation sites (N-methyl/N-ethyl adjacent to an activating group) is 1. The van der Waals surface area contributed by atoms with E-state index in [-0.39, 0.29) is 5.91 Å². The average molecular weight is 418 g/mol. The van der Waals surface area contributed by atoms with E-state index in [2.05, 4.69) is 27.1 Å². The van der Waals surface area contributed by atoms with Crippen molar-refractivity contribution in [3.8, 4) is 5.69 Å². The number of hydrogen-bond acceptors (Lipinski definition) is 4. The molecule has 1 aromatic carbocycles. The van der Waals surface area contributed by atoms with Gasteiger partial charge in [0.2, 0.25) is 5.91 Å². The Kier molecular flexibility index (Phi) is 7.70. The lowest BCUT2D eigenvalue weighted by molar-refractivity contribution is -0.120. The fraction of sp³-hybridized carbons (Fsp3) is 0.545. The van der Waals surface area contributed by atoms with Crippen molar-refractivity contribution in [3.05, 3.63) is 46.2 Å². The third kappa shape index (κ3) is 5.81. The smallest absolute Gasteiger partial charge is 0.224 e. The van der Waals surface area contributed by atoms with Crippen LogP contribution in [-0.4, -0.2) is 71.3 Å². The average Bonchev–Trinajstić information content (AvgIpc) is 3.00. The van der Waals surface area contributed by atoms with Crippen LogP contribution in [0.5, 0.6) is 0 Å². The number of aryl methyl sites for hydroxylation is 1. The number of carbonyl (C=O) groups is 1. The standard InChI is InChI=1S/C22H32ClN5O/c1-4-26-12-14-27(15-13-26)11-5-10-24-22(29)16-21-17(2)25-28(18(21)3)20-8-6-19(23)7-9-20/h6-9H,4-5,10-16H2,1-3H3,(H,24,29). The number of amides is 1. The molecule has 1 amide bonds. The fourth-order valence-electron chi connectivity index (χ4n) is 3.85. The molecule has 0 radical (unpaired) electrons. The van der Waals surface area contributed by atoms with Gasteiger partial charge in [0.15, 0.2) is 0 Å². The Morgan fingerprint density at radius 1 is 1.10 bits per heavy atom. The number of carbonyl (C=O) groups excluding carboxylic acids is 1. The van der Waals surface area contributed by atoms with E-state index in [1.165, 1.54) is 0 Å². The predicted octanol–water partition coefficient (Wildman–Crippen LogP) is 2.83. The molecule has 2 aromatic rings. The zero-order valence-electron chi connectivity index (χ0n) is 17.7. The second-order valence-electron chi connectivity index (χ2n) is 7.69. The minimum atomic E-state index is 0.0580. The summed E-state index contributed by atoms with van der Waals surface area (Å²) in [4.78, 5) is 17.4. The van der Waals surface area contributed by atoms with E-state index in [0.717, 1.165) is 74.9 Å². The van der Waals surface area contributed by atoms with E-state index in [0.29, 0.717) is 11.4 Å². The van der Waals surface area contributed by atoms with Gasteiger partial charge in [-0.3, -0.25) is 4.79 Å². The van der Waals surface area contributed by atoms with Gasteiger partial charge in [0, 0.05) is 49.0 Å². The third-order valence-electron chi connectivity index (χ3n) is 5.74. The highest BCUT2D eigenvalue weighted by molar-refractivity contribution is 6.30. The number of nitrogens with one attached hydrogen (secondary N) is 1. The lowest BCUT2D eigenvalue weighted by Crippen LogP contribution is -2.46. The van der Waals surface area contributed by atoms with Crippen LogP contribution in [-0.2, 0) is 11.2 Å². The molecule has 0 aliphatic carbocycles. The Labute approximate surface area is 178 Å². The molecule has 0 unspecified atom stereocenters. The summed E-state index contributed by atoms with van der Waals surface area (Å²) in [5.74, 6) is 0.0580. The molecule has 2 heterocycles. The quantitative estimate of drug-likeness (QED) is 0.671. The minimum absolute atomic E-state index is 0.0580. The van der Waals surface area contributed by atoms with E-state index in [1.54, 1.807) is 0 Å². The molecule has 1 aliphatic heterocycles. The molecule has 0 bridgehead atoms. The second-order valence-corrected chi connectivity index (χ2v) is 8.13. The maximum atomic E-state index is 12.5. The highest BCUT2D eigenvalue weighted by atomic mass is 35.5. The van der Waals surface area contributed by atoms with Gasteiger partial charge in [-0.25, -0.2) is 4.68 Å². The molecule has 6 nitrogen and oxygen atoms in total. The molecule has 7 heteroatoms. The molecule has 0 spiro atoms. The zero-order chi connectivity index (χ0) is 20.8. The maximum absolute atomic E-state index is 12.5. The zero-order valence-corrected chi connectivity index (χ0v) is 18.5. The highest BCUT2D eigenvalue weighted by Crippen LogP contribution is 2.20. The first-order valence-electron chi connectivity index (χ1n) is 10.5. The molecule has 1 N–H and O–H groups in total. The molecule has 29 heavy (non-hydrogen) atoms. The molecule has 1 aromatic heterocycles. The largest absolute Gasteiger partial charge is 0.356 e. The van der Waals surface area contributed by atoms with Crippen LogP contribution in [0.15, 0.2) is 24.3 Å². The summed E-state index contributed by atoms with van der Waals surface area (Å²) < 4.78 is 1.88. The number of benzene rings is 1. The van der Waals surface area contributed by atoms with Crippen molar-refractivity contribution in [2.75, 3.05) is 45.8 Å². The van der Waals surface area contributed by atoms with Crippen molar-refractivity contribution in [2.24, 2.45) is 0 Å². The van der Waals surface area contributed by atoms with Gasteiger partial charge in [-0.1, -0.05) is 18.5 Å². The first-order valence-corrected chi connectivity index (χ1v) is 10.9. The molecule has 1 fully saturated rings. The van der Waals surface area contributed by atoms with E-state index in [9.17, 15) is 4.79 Å². The van der Waals surface area contributed by atoms with Crippen LogP contribution < -0.4 is 5.32 Å². The molecular weight excluding hydrogens is 386 g/mol. The van der Waals surface area contributed by atoms with Crippen LogP contribution in [0.3, 0.4) is 0 Å². The summed E-state index contributed by atoms with van der Waals surface area (Å²) in [6.07, 6.45) is 1.35. The monoisotopic (exact) mass is 417 g/mol. The minimum Gasteiger partial charge on any atom is -0.356 e. The van der Waals surface area contributed by atoms with Gasteiger partial charge in [-0.2, -0.15) is 5.10 Å². The molecule has 0 saturated carbocycles. The van der Waals surface area contributed by atoms with E-state index < -0.39 is 0 Å². The van der Waals surface area contributed by atoms with Gasteiger partial charge >= 0.3 is 0 Å². The van der Waals surface area contributed by atoms with E-state index in [4.69, 9.17) is 11.6 Å².